The number of aromatic hydroxyl groups is 2. The van der Waals surface area contributed by atoms with Crippen LogP contribution in [0.1, 0.15) is 34.8 Å². The minimum Gasteiger partial charge on any atom is -0.508 e. The van der Waals surface area contributed by atoms with Gasteiger partial charge in [-0.2, -0.15) is 0 Å². The zero-order valence-corrected chi connectivity index (χ0v) is 15.4. The summed E-state index contributed by atoms with van der Waals surface area (Å²) in [5.74, 6) is -1.07. The van der Waals surface area contributed by atoms with Crippen molar-refractivity contribution >= 4 is 17.4 Å². The molecule has 27 heavy (non-hydrogen) atoms. The van der Waals surface area contributed by atoms with Crippen LogP contribution < -0.4 is 5.32 Å². The fraction of sp³-hybridized carbons (Fsp3) is 0.333. The van der Waals surface area contributed by atoms with Crippen LogP contribution in [0.3, 0.4) is 0 Å². The van der Waals surface area contributed by atoms with Crippen molar-refractivity contribution < 1.29 is 19.8 Å². The summed E-state index contributed by atoms with van der Waals surface area (Å²) in [7, 11) is 0. The number of hydrogen-bond acceptors (Lipinski definition) is 5. The van der Waals surface area contributed by atoms with Crippen LogP contribution in [0.25, 0.3) is 0 Å². The number of amides is 1. The lowest BCUT2D eigenvalue weighted by Crippen LogP contribution is -2.29. The fourth-order valence-electron chi connectivity index (χ4n) is 3.44. The number of benzene rings is 2. The Kier molecular flexibility index (Phi) is 5.76. The average Bonchev–Trinajstić information content (AvgIpc) is 2.96. The van der Waals surface area contributed by atoms with Crippen LogP contribution in [0.15, 0.2) is 36.4 Å². The molecule has 2 aromatic carbocycles. The van der Waals surface area contributed by atoms with E-state index in [-0.39, 0.29) is 17.0 Å². The summed E-state index contributed by atoms with van der Waals surface area (Å²) in [5.41, 5.74) is 2.18. The van der Waals surface area contributed by atoms with E-state index in [9.17, 15) is 19.8 Å². The lowest BCUT2D eigenvalue weighted by atomic mass is 10.00. The first-order valence-electron chi connectivity index (χ1n) is 9.21. The minimum absolute atomic E-state index is 0.0853. The van der Waals surface area contributed by atoms with Crippen molar-refractivity contribution in [2.75, 3.05) is 25.0 Å². The second-order valence-corrected chi connectivity index (χ2v) is 6.75. The van der Waals surface area contributed by atoms with E-state index in [4.69, 9.17) is 0 Å². The number of phenolic OH excluding ortho intramolecular Hbond substituents is 2. The Labute approximate surface area is 158 Å². The van der Waals surface area contributed by atoms with Crippen LogP contribution in [0.5, 0.6) is 11.5 Å². The molecule has 1 amide bonds. The molecule has 0 aromatic heterocycles. The third-order valence-electron chi connectivity index (χ3n) is 4.87. The number of nitrogens with one attached hydrogen (secondary N) is 1. The van der Waals surface area contributed by atoms with E-state index >= 15 is 0 Å². The molecule has 3 N–H and O–H groups in total. The quantitative estimate of drug-likeness (QED) is 0.492. The molecule has 2 aromatic rings. The van der Waals surface area contributed by atoms with Gasteiger partial charge in [0.05, 0.1) is 11.3 Å². The second kappa shape index (κ2) is 8.22. The van der Waals surface area contributed by atoms with Gasteiger partial charge in [-0.25, -0.2) is 0 Å². The van der Waals surface area contributed by atoms with E-state index in [1.807, 2.05) is 12.1 Å². The van der Waals surface area contributed by atoms with Gasteiger partial charge in [0.2, 0.25) is 0 Å². The maximum Gasteiger partial charge on any atom is 0.296 e. The molecule has 1 aliphatic rings. The van der Waals surface area contributed by atoms with Gasteiger partial charge in [0.25, 0.3) is 11.7 Å². The number of Topliss-reactive ketones (excluding diaryl/α,β-unsaturated/α-hetero) is 1. The zero-order valence-electron chi connectivity index (χ0n) is 15.4. The molecular formula is C21H24N2O4. The Morgan fingerprint density at radius 2 is 1.59 bits per heavy atom. The molecule has 0 atom stereocenters. The highest BCUT2D eigenvalue weighted by Gasteiger charge is 2.32. The average molecular weight is 368 g/mol. The van der Waals surface area contributed by atoms with Gasteiger partial charge in [0.15, 0.2) is 0 Å². The van der Waals surface area contributed by atoms with Gasteiger partial charge in [0, 0.05) is 13.1 Å². The van der Waals surface area contributed by atoms with Crippen molar-refractivity contribution in [1.82, 2.24) is 4.90 Å². The Balaban J connectivity index is 1.69. The standard InChI is InChI=1S/C21H24N2O4/c1-2-11-23(12-9-14-5-3-4-6-16(14)24)13-10-15-7-8-17(25)19-18(15)20(26)21(27)22-19/h3-8,24-25H,2,9-13H2,1H3,(H,22,26,27). The topological polar surface area (TPSA) is 89.9 Å². The molecule has 0 bridgehead atoms. The summed E-state index contributed by atoms with van der Waals surface area (Å²) in [6.07, 6.45) is 2.33. The molecule has 0 spiro atoms. The molecule has 0 aliphatic carbocycles. The van der Waals surface area contributed by atoms with Gasteiger partial charge in [-0.3, -0.25) is 9.59 Å². The van der Waals surface area contributed by atoms with E-state index in [2.05, 4.69) is 17.1 Å². The number of fused-ring (bicyclic) bond motifs is 1. The Hall–Kier alpha value is -2.86. The van der Waals surface area contributed by atoms with Crippen molar-refractivity contribution in [1.29, 1.82) is 0 Å². The summed E-state index contributed by atoms with van der Waals surface area (Å²) in [5, 5.41) is 22.3. The van der Waals surface area contributed by atoms with Gasteiger partial charge in [0.1, 0.15) is 11.5 Å². The van der Waals surface area contributed by atoms with Gasteiger partial charge in [-0.15, -0.1) is 0 Å². The van der Waals surface area contributed by atoms with Crippen LogP contribution in [0.2, 0.25) is 0 Å². The maximum absolute atomic E-state index is 12.1. The first kappa shape index (κ1) is 18.9. The largest absolute Gasteiger partial charge is 0.508 e. The molecule has 3 rings (SSSR count). The monoisotopic (exact) mass is 368 g/mol. The van der Waals surface area contributed by atoms with E-state index < -0.39 is 11.7 Å². The van der Waals surface area contributed by atoms with Gasteiger partial charge in [-0.1, -0.05) is 31.2 Å². The van der Waals surface area contributed by atoms with E-state index in [0.717, 1.165) is 43.6 Å². The Morgan fingerprint density at radius 3 is 2.30 bits per heavy atom. The van der Waals surface area contributed by atoms with Crippen LogP contribution in [0, 0.1) is 0 Å². The summed E-state index contributed by atoms with van der Waals surface area (Å²) in [4.78, 5) is 26.1. The fourth-order valence-corrected chi connectivity index (χ4v) is 3.44. The first-order valence-corrected chi connectivity index (χ1v) is 9.21. The summed E-state index contributed by atoms with van der Waals surface area (Å²) < 4.78 is 0. The summed E-state index contributed by atoms with van der Waals surface area (Å²) in [6.45, 7) is 4.52. The number of hydrogen-bond donors (Lipinski definition) is 3. The number of nitrogens with zero attached hydrogens (tertiary/aromatic N) is 1. The number of phenols is 2. The number of para-hydroxylation sites is 1. The predicted octanol–water partition coefficient (Wildman–Crippen LogP) is 2.73. The number of ketones is 1. The van der Waals surface area contributed by atoms with E-state index in [1.54, 1.807) is 18.2 Å². The van der Waals surface area contributed by atoms with Crippen molar-refractivity contribution in [3.05, 3.63) is 53.1 Å². The van der Waals surface area contributed by atoms with Crippen molar-refractivity contribution in [2.45, 2.75) is 26.2 Å². The van der Waals surface area contributed by atoms with Crippen molar-refractivity contribution in [3.8, 4) is 11.5 Å². The van der Waals surface area contributed by atoms with E-state index in [0.29, 0.717) is 12.2 Å². The molecular weight excluding hydrogens is 344 g/mol. The van der Waals surface area contributed by atoms with Gasteiger partial charge in [-0.05, 0) is 49.1 Å². The molecule has 0 fully saturated rings. The molecule has 1 heterocycles. The minimum atomic E-state index is -0.697. The van der Waals surface area contributed by atoms with Crippen LogP contribution >= 0.6 is 0 Å². The molecule has 0 saturated heterocycles. The zero-order chi connectivity index (χ0) is 19.4. The Bertz CT molecular complexity index is 863. The van der Waals surface area contributed by atoms with Gasteiger partial charge >= 0.3 is 0 Å². The number of carbonyl (C=O) groups excluding carboxylic acids is 2. The normalized spacial score (nSPS) is 13.1. The molecule has 1 aliphatic heterocycles. The maximum atomic E-state index is 12.1. The molecule has 142 valence electrons. The Morgan fingerprint density at radius 1 is 0.889 bits per heavy atom. The highest BCUT2D eigenvalue weighted by Crippen LogP contribution is 2.35. The van der Waals surface area contributed by atoms with Crippen LogP contribution in [-0.2, 0) is 17.6 Å². The third-order valence-corrected chi connectivity index (χ3v) is 4.87. The molecule has 6 nitrogen and oxygen atoms in total. The molecule has 0 unspecified atom stereocenters. The van der Waals surface area contributed by atoms with Crippen LogP contribution in [-0.4, -0.2) is 46.4 Å². The lowest BCUT2D eigenvalue weighted by Gasteiger charge is -2.22. The SMILES string of the molecule is CCCN(CCc1ccccc1O)CCc1ccc(O)c2c1C(=O)C(=O)N2. The predicted molar refractivity (Wildman–Crippen MR) is 103 cm³/mol. The van der Waals surface area contributed by atoms with Crippen molar-refractivity contribution in [2.24, 2.45) is 0 Å². The number of rotatable bonds is 8. The summed E-state index contributed by atoms with van der Waals surface area (Å²) in [6, 6.07) is 10.5. The molecule has 6 heteroatoms. The lowest BCUT2D eigenvalue weighted by molar-refractivity contribution is -0.112. The number of anilines is 1. The van der Waals surface area contributed by atoms with Gasteiger partial charge < -0.3 is 20.4 Å². The van der Waals surface area contributed by atoms with E-state index in [1.165, 1.54) is 6.07 Å². The molecule has 0 radical (unpaired) electrons. The molecule has 0 saturated carbocycles. The third kappa shape index (κ3) is 4.11. The highest BCUT2D eigenvalue weighted by molar-refractivity contribution is 6.52. The highest BCUT2D eigenvalue weighted by atomic mass is 16.3. The number of carbonyl (C=O) groups is 2. The van der Waals surface area contributed by atoms with Crippen molar-refractivity contribution in [3.63, 3.8) is 0 Å². The van der Waals surface area contributed by atoms with Crippen LogP contribution in [0.4, 0.5) is 5.69 Å². The smallest absolute Gasteiger partial charge is 0.296 e. The summed E-state index contributed by atoms with van der Waals surface area (Å²) >= 11 is 0. The second-order valence-electron chi connectivity index (χ2n) is 6.75. The first-order chi connectivity index (χ1) is 13.0.